The van der Waals surface area contributed by atoms with Crippen molar-refractivity contribution in [1.29, 1.82) is 5.26 Å². The van der Waals surface area contributed by atoms with Crippen LogP contribution in [0, 0.1) is 17.2 Å². The zero-order chi connectivity index (χ0) is 16.4. The van der Waals surface area contributed by atoms with Gasteiger partial charge in [-0.3, -0.25) is 4.98 Å². The summed E-state index contributed by atoms with van der Waals surface area (Å²) in [5.41, 5.74) is 3.05. The van der Waals surface area contributed by atoms with Gasteiger partial charge in [0.2, 0.25) is 0 Å². The lowest BCUT2D eigenvalue weighted by atomic mass is 9.87. The highest BCUT2D eigenvalue weighted by molar-refractivity contribution is 7.99. The third kappa shape index (κ3) is 2.79. The molecule has 1 heterocycles. The van der Waals surface area contributed by atoms with E-state index >= 15 is 0 Å². The topological polar surface area (TPSA) is 36.7 Å². The number of fused-ring (bicyclic) bond motifs is 1. The van der Waals surface area contributed by atoms with Crippen LogP contribution in [0.5, 0.6) is 0 Å². The molecule has 1 fully saturated rings. The fourth-order valence-corrected chi connectivity index (χ4v) is 4.43. The zero-order valence-corrected chi connectivity index (χ0v) is 14.2. The van der Waals surface area contributed by atoms with Crippen molar-refractivity contribution in [2.24, 2.45) is 5.92 Å². The maximum atomic E-state index is 9.36. The van der Waals surface area contributed by atoms with Crippen LogP contribution in [0.2, 0.25) is 0 Å². The largest absolute Gasteiger partial charge is 0.264 e. The summed E-state index contributed by atoms with van der Waals surface area (Å²) in [6.45, 7) is 0. The minimum atomic E-state index is 0.724. The molecular formula is C21H18N2S. The summed E-state index contributed by atoms with van der Waals surface area (Å²) in [6, 6.07) is 16.5. The minimum Gasteiger partial charge on any atom is -0.264 e. The second-order valence-corrected chi connectivity index (χ2v) is 7.36. The van der Waals surface area contributed by atoms with E-state index < -0.39 is 0 Å². The third-order valence-electron chi connectivity index (χ3n) is 4.82. The second kappa shape index (κ2) is 6.67. The first-order chi connectivity index (χ1) is 11.9. The summed E-state index contributed by atoms with van der Waals surface area (Å²) in [5.74, 6) is 2.05. The Labute approximate surface area is 146 Å². The van der Waals surface area contributed by atoms with Gasteiger partial charge in [-0.05, 0) is 41.8 Å². The van der Waals surface area contributed by atoms with Crippen molar-refractivity contribution in [3.63, 3.8) is 0 Å². The highest BCUT2D eigenvalue weighted by atomic mass is 32.2. The molecule has 1 aliphatic rings. The molecule has 0 atom stereocenters. The zero-order valence-electron chi connectivity index (χ0n) is 13.4. The standard InChI is InChI=1S/C21H18N2S/c22-12-16-8-9-19(18-7-2-1-6-17(16)18)20-13-23-11-10-21(20)24-14-15-4-3-5-15/h1-2,6-11,13,15H,3-5,14H2. The Bertz CT molecular complexity index is 923. The van der Waals surface area contributed by atoms with Gasteiger partial charge in [0, 0.05) is 34.0 Å². The molecule has 0 bridgehead atoms. The first-order valence-electron chi connectivity index (χ1n) is 8.36. The molecule has 0 spiro atoms. The van der Waals surface area contributed by atoms with E-state index in [0.29, 0.717) is 0 Å². The van der Waals surface area contributed by atoms with Crippen molar-refractivity contribution in [3.05, 3.63) is 60.4 Å². The average molecular weight is 330 g/mol. The van der Waals surface area contributed by atoms with Gasteiger partial charge in [-0.1, -0.05) is 36.8 Å². The van der Waals surface area contributed by atoms with Gasteiger partial charge in [0.05, 0.1) is 11.6 Å². The molecule has 3 heteroatoms. The molecule has 1 aromatic heterocycles. The molecule has 0 radical (unpaired) electrons. The number of hydrogen-bond acceptors (Lipinski definition) is 3. The van der Waals surface area contributed by atoms with Crippen molar-refractivity contribution >= 4 is 22.5 Å². The Balaban J connectivity index is 1.79. The molecule has 0 amide bonds. The molecule has 0 aliphatic heterocycles. The lowest BCUT2D eigenvalue weighted by Crippen LogP contribution is -2.13. The molecular weight excluding hydrogens is 312 g/mol. The first-order valence-corrected chi connectivity index (χ1v) is 9.34. The SMILES string of the molecule is N#Cc1ccc(-c2cnccc2SCC2CCC2)c2ccccc12. The van der Waals surface area contributed by atoms with Crippen LogP contribution < -0.4 is 0 Å². The van der Waals surface area contributed by atoms with Crippen molar-refractivity contribution in [1.82, 2.24) is 4.98 Å². The highest BCUT2D eigenvalue weighted by Gasteiger charge is 2.18. The maximum absolute atomic E-state index is 9.36. The Morgan fingerprint density at radius 2 is 1.88 bits per heavy atom. The molecule has 0 saturated heterocycles. The number of nitriles is 1. The third-order valence-corrected chi connectivity index (χ3v) is 6.12. The summed E-state index contributed by atoms with van der Waals surface area (Å²) in [7, 11) is 0. The van der Waals surface area contributed by atoms with Crippen molar-refractivity contribution in [2.75, 3.05) is 5.75 Å². The number of nitrogens with zero attached hydrogens (tertiary/aromatic N) is 2. The van der Waals surface area contributed by atoms with E-state index in [9.17, 15) is 5.26 Å². The number of hydrogen-bond donors (Lipinski definition) is 0. The Hall–Kier alpha value is -2.31. The second-order valence-electron chi connectivity index (χ2n) is 6.30. The predicted octanol–water partition coefficient (Wildman–Crippen LogP) is 5.67. The number of aromatic nitrogens is 1. The maximum Gasteiger partial charge on any atom is 0.0998 e. The number of benzene rings is 2. The predicted molar refractivity (Wildman–Crippen MR) is 100.0 cm³/mol. The van der Waals surface area contributed by atoms with Crippen LogP contribution in [0.3, 0.4) is 0 Å². The van der Waals surface area contributed by atoms with Crippen molar-refractivity contribution < 1.29 is 0 Å². The van der Waals surface area contributed by atoms with Gasteiger partial charge in [-0.15, -0.1) is 11.8 Å². The lowest BCUT2D eigenvalue weighted by molar-refractivity contribution is 0.353. The van der Waals surface area contributed by atoms with Gasteiger partial charge in [0.15, 0.2) is 0 Å². The van der Waals surface area contributed by atoms with Crippen LogP contribution in [-0.4, -0.2) is 10.7 Å². The Morgan fingerprint density at radius 3 is 2.62 bits per heavy atom. The van der Waals surface area contributed by atoms with E-state index in [-0.39, 0.29) is 0 Å². The molecule has 118 valence electrons. The van der Waals surface area contributed by atoms with E-state index in [1.807, 2.05) is 48.4 Å². The molecule has 4 rings (SSSR count). The minimum absolute atomic E-state index is 0.724. The van der Waals surface area contributed by atoms with Gasteiger partial charge < -0.3 is 0 Å². The van der Waals surface area contributed by atoms with Gasteiger partial charge >= 0.3 is 0 Å². The molecule has 24 heavy (non-hydrogen) atoms. The normalized spacial score (nSPS) is 14.3. The molecule has 0 unspecified atom stereocenters. The fourth-order valence-electron chi connectivity index (χ4n) is 3.21. The number of pyridine rings is 1. The molecule has 0 N–H and O–H groups in total. The van der Waals surface area contributed by atoms with Gasteiger partial charge in [0.1, 0.15) is 0 Å². The van der Waals surface area contributed by atoms with E-state index in [1.165, 1.54) is 35.5 Å². The summed E-state index contributed by atoms with van der Waals surface area (Å²) < 4.78 is 0. The molecule has 1 saturated carbocycles. The molecule has 2 nitrogen and oxygen atoms in total. The van der Waals surface area contributed by atoms with Crippen LogP contribution in [-0.2, 0) is 0 Å². The smallest absolute Gasteiger partial charge is 0.0998 e. The van der Waals surface area contributed by atoms with Crippen LogP contribution in [0.1, 0.15) is 24.8 Å². The first kappa shape index (κ1) is 15.2. The van der Waals surface area contributed by atoms with Gasteiger partial charge in [-0.25, -0.2) is 0 Å². The number of thioether (sulfide) groups is 1. The van der Waals surface area contributed by atoms with Gasteiger partial charge in [-0.2, -0.15) is 5.26 Å². The molecule has 3 aromatic rings. The van der Waals surface area contributed by atoms with E-state index in [0.717, 1.165) is 27.8 Å². The lowest BCUT2D eigenvalue weighted by Gasteiger charge is -2.25. The van der Waals surface area contributed by atoms with E-state index in [2.05, 4.69) is 29.3 Å². The van der Waals surface area contributed by atoms with E-state index in [4.69, 9.17) is 0 Å². The highest BCUT2D eigenvalue weighted by Crippen LogP contribution is 2.39. The van der Waals surface area contributed by atoms with Crippen LogP contribution in [0.4, 0.5) is 0 Å². The fraction of sp³-hybridized carbons (Fsp3) is 0.238. The monoisotopic (exact) mass is 330 g/mol. The van der Waals surface area contributed by atoms with Crippen molar-refractivity contribution in [3.8, 4) is 17.2 Å². The molecule has 1 aliphatic carbocycles. The quantitative estimate of drug-likeness (QED) is 0.579. The van der Waals surface area contributed by atoms with Crippen LogP contribution >= 0.6 is 11.8 Å². The van der Waals surface area contributed by atoms with Crippen LogP contribution in [0.25, 0.3) is 21.9 Å². The van der Waals surface area contributed by atoms with Crippen LogP contribution in [0.15, 0.2) is 59.8 Å². The summed E-state index contributed by atoms with van der Waals surface area (Å²) in [5, 5.41) is 11.5. The van der Waals surface area contributed by atoms with E-state index in [1.54, 1.807) is 0 Å². The van der Waals surface area contributed by atoms with Gasteiger partial charge in [0.25, 0.3) is 0 Å². The van der Waals surface area contributed by atoms with Crippen molar-refractivity contribution in [2.45, 2.75) is 24.2 Å². The average Bonchev–Trinajstić information content (AvgIpc) is 2.60. The summed E-state index contributed by atoms with van der Waals surface area (Å²) in [4.78, 5) is 5.64. The Morgan fingerprint density at radius 1 is 1.04 bits per heavy atom. The number of rotatable bonds is 4. The molecule has 2 aromatic carbocycles. The summed E-state index contributed by atoms with van der Waals surface area (Å²) in [6.07, 6.45) is 7.95. The Kier molecular flexibility index (Phi) is 4.23. The summed E-state index contributed by atoms with van der Waals surface area (Å²) >= 11 is 1.94.